The Hall–Kier alpha value is -3.75. The van der Waals surface area contributed by atoms with Gasteiger partial charge in [-0.2, -0.15) is 0 Å². The minimum absolute atomic E-state index is 0.0697. The average Bonchev–Trinajstić information content (AvgIpc) is 3.55. The predicted octanol–water partition coefficient (Wildman–Crippen LogP) is 5.61. The van der Waals surface area contributed by atoms with Crippen LogP contribution in [0.4, 0.5) is 11.4 Å². The van der Waals surface area contributed by atoms with E-state index in [1.54, 1.807) is 26.9 Å². The molecule has 3 aliphatic rings. The molecule has 1 N–H and O–H groups in total. The van der Waals surface area contributed by atoms with Crippen molar-refractivity contribution < 1.29 is 24.2 Å². The number of benzene rings is 2. The number of hydrogen-bond donors (Lipinski definition) is 1. The Morgan fingerprint density at radius 1 is 0.957 bits per heavy atom. The van der Waals surface area contributed by atoms with Gasteiger partial charge in [-0.3, -0.25) is 14.4 Å². The van der Waals surface area contributed by atoms with Crippen LogP contribution in [0.25, 0.3) is 0 Å². The van der Waals surface area contributed by atoms with E-state index < -0.39 is 29.1 Å². The molecule has 2 aromatic carbocycles. The molecule has 0 aromatic heterocycles. The second-order valence-electron chi connectivity index (χ2n) is 13.4. The maximum absolute atomic E-state index is 15.1. The maximum atomic E-state index is 15.1. The summed E-state index contributed by atoms with van der Waals surface area (Å²) in [5.41, 5.74) is 1.36. The number of rotatable bonds is 14. The SMILES string of the molecule is C=CCN(C(=O)[C@H]1[C@H]2C(=O)N(CCCCCCO)C(C(=O)N(CC=C)c3c(C)cccc3C)C23CC(C)[C@]1(C)O3)c1ccccc1. The number of nitrogens with zero attached hydrogens (tertiary/aromatic N) is 3. The van der Waals surface area contributed by atoms with E-state index in [2.05, 4.69) is 20.1 Å². The summed E-state index contributed by atoms with van der Waals surface area (Å²) in [6.45, 7) is 16.9. The van der Waals surface area contributed by atoms with Crippen LogP contribution >= 0.6 is 0 Å². The zero-order valence-electron chi connectivity index (χ0n) is 27.8. The fraction of sp³-hybridized carbons (Fsp3) is 0.500. The highest BCUT2D eigenvalue weighted by Crippen LogP contribution is 2.65. The van der Waals surface area contributed by atoms with Gasteiger partial charge < -0.3 is 24.5 Å². The van der Waals surface area contributed by atoms with E-state index in [-0.39, 0.29) is 43.3 Å². The Morgan fingerprint density at radius 2 is 1.59 bits per heavy atom. The highest BCUT2D eigenvalue weighted by molar-refractivity contribution is 6.07. The average molecular weight is 628 g/mol. The van der Waals surface area contributed by atoms with Crippen LogP contribution < -0.4 is 9.80 Å². The van der Waals surface area contributed by atoms with E-state index in [1.807, 2.05) is 69.3 Å². The van der Waals surface area contributed by atoms with Crippen molar-refractivity contribution in [3.63, 3.8) is 0 Å². The Kier molecular flexibility index (Phi) is 9.89. The number of likely N-dealkylation sites (tertiary alicyclic amines) is 1. The smallest absolute Gasteiger partial charge is 0.253 e. The maximum Gasteiger partial charge on any atom is 0.253 e. The molecule has 5 rings (SSSR count). The first-order chi connectivity index (χ1) is 22.1. The summed E-state index contributed by atoms with van der Waals surface area (Å²) in [5, 5.41) is 9.29. The Labute approximate surface area is 273 Å². The lowest BCUT2D eigenvalue weighted by Crippen LogP contribution is -2.57. The fourth-order valence-corrected chi connectivity index (χ4v) is 8.41. The Morgan fingerprint density at radius 3 is 2.22 bits per heavy atom. The molecule has 246 valence electrons. The number of ether oxygens (including phenoxy) is 1. The van der Waals surface area contributed by atoms with Gasteiger partial charge in [-0.15, -0.1) is 13.2 Å². The minimum Gasteiger partial charge on any atom is -0.396 e. The predicted molar refractivity (Wildman–Crippen MR) is 181 cm³/mol. The standard InChI is InChI=1S/C38H49N3O5/c1-7-21-39(29-19-12-11-13-20-29)34(43)30-31-35(44)41(23-14-9-10-15-24-42)33(38(31)25-28(5)37(30,6)46-38)36(45)40(22-8-2)32-26(3)17-16-18-27(32)4/h7-8,11-13,16-20,28,30-31,33,42H,1-2,9-10,14-15,21-25H2,3-6H3/t28?,30-,31+,33?,37+,38?/m1/s1. The number of fused-ring (bicyclic) bond motifs is 1. The van der Waals surface area contributed by atoms with Crippen molar-refractivity contribution in [2.24, 2.45) is 17.8 Å². The largest absolute Gasteiger partial charge is 0.396 e. The van der Waals surface area contributed by atoms with Gasteiger partial charge in [-0.05, 0) is 69.2 Å². The third kappa shape index (κ3) is 5.49. The van der Waals surface area contributed by atoms with Crippen LogP contribution in [0.15, 0.2) is 73.8 Å². The molecule has 2 bridgehead atoms. The molecule has 0 aliphatic carbocycles. The van der Waals surface area contributed by atoms with Crippen LogP contribution in [0.5, 0.6) is 0 Å². The molecule has 3 fully saturated rings. The molecular formula is C38H49N3O5. The molecule has 1 spiro atoms. The van der Waals surface area contributed by atoms with Crippen molar-refractivity contribution in [2.75, 3.05) is 36.0 Å². The third-order valence-corrected chi connectivity index (χ3v) is 10.6. The Balaban J connectivity index is 1.61. The zero-order chi connectivity index (χ0) is 33.2. The van der Waals surface area contributed by atoms with Gasteiger partial charge >= 0.3 is 0 Å². The second-order valence-corrected chi connectivity index (χ2v) is 13.4. The van der Waals surface area contributed by atoms with Crippen molar-refractivity contribution in [3.8, 4) is 0 Å². The zero-order valence-corrected chi connectivity index (χ0v) is 27.8. The molecule has 8 heteroatoms. The van der Waals surface area contributed by atoms with E-state index in [1.165, 1.54) is 0 Å². The van der Waals surface area contributed by atoms with E-state index in [4.69, 9.17) is 4.74 Å². The number of aliphatic hydroxyl groups excluding tert-OH is 1. The van der Waals surface area contributed by atoms with Crippen molar-refractivity contribution in [2.45, 2.75) is 77.0 Å². The summed E-state index contributed by atoms with van der Waals surface area (Å²) in [6, 6.07) is 14.5. The molecule has 3 aliphatic heterocycles. The highest BCUT2D eigenvalue weighted by atomic mass is 16.5. The lowest BCUT2D eigenvalue weighted by Gasteiger charge is -2.39. The summed E-state index contributed by atoms with van der Waals surface area (Å²) in [6.07, 6.45) is 6.93. The first-order valence-corrected chi connectivity index (χ1v) is 16.6. The van der Waals surface area contributed by atoms with Crippen LogP contribution in [0, 0.1) is 31.6 Å². The molecule has 2 aromatic rings. The van der Waals surface area contributed by atoms with Gasteiger partial charge in [-0.1, -0.05) is 68.3 Å². The first-order valence-electron chi connectivity index (χ1n) is 16.6. The monoisotopic (exact) mass is 627 g/mol. The van der Waals surface area contributed by atoms with Gasteiger partial charge in [0.25, 0.3) is 5.91 Å². The van der Waals surface area contributed by atoms with Gasteiger partial charge in [0.2, 0.25) is 11.8 Å². The van der Waals surface area contributed by atoms with Crippen LogP contribution in [0.1, 0.15) is 57.1 Å². The molecule has 3 amide bonds. The van der Waals surface area contributed by atoms with Crippen molar-refractivity contribution in [3.05, 3.63) is 85.0 Å². The topological polar surface area (TPSA) is 90.4 Å². The van der Waals surface area contributed by atoms with E-state index >= 15 is 4.79 Å². The van der Waals surface area contributed by atoms with Crippen LogP contribution in [0.3, 0.4) is 0 Å². The van der Waals surface area contributed by atoms with E-state index in [0.29, 0.717) is 25.8 Å². The molecule has 0 radical (unpaired) electrons. The minimum atomic E-state index is -1.15. The van der Waals surface area contributed by atoms with E-state index in [0.717, 1.165) is 35.3 Å². The number of amides is 3. The molecule has 8 nitrogen and oxygen atoms in total. The normalized spacial score (nSPS) is 27.8. The molecule has 3 saturated heterocycles. The lowest BCUT2D eigenvalue weighted by atomic mass is 9.62. The number of carbonyl (C=O) groups is 3. The van der Waals surface area contributed by atoms with E-state index in [9.17, 15) is 14.7 Å². The summed E-state index contributed by atoms with van der Waals surface area (Å²) in [4.78, 5) is 49.7. The summed E-state index contributed by atoms with van der Waals surface area (Å²) in [5.74, 6) is -2.23. The molecular weight excluding hydrogens is 578 g/mol. The highest BCUT2D eigenvalue weighted by Gasteiger charge is 2.80. The van der Waals surface area contributed by atoms with Gasteiger partial charge in [0, 0.05) is 37.6 Å². The third-order valence-electron chi connectivity index (χ3n) is 10.6. The van der Waals surface area contributed by atoms with Gasteiger partial charge in [0.15, 0.2) is 0 Å². The molecule has 3 unspecified atom stereocenters. The number of unbranched alkanes of at least 4 members (excludes halogenated alkanes) is 3. The second kappa shape index (κ2) is 13.5. The molecule has 6 atom stereocenters. The van der Waals surface area contributed by atoms with Crippen LogP contribution in [-0.4, -0.2) is 71.2 Å². The van der Waals surface area contributed by atoms with Gasteiger partial charge in [0.05, 0.1) is 17.4 Å². The molecule has 3 heterocycles. The molecule has 0 saturated carbocycles. The summed E-state index contributed by atoms with van der Waals surface area (Å²) >= 11 is 0. The van der Waals surface area contributed by atoms with Crippen molar-refractivity contribution >= 4 is 29.1 Å². The number of carbonyl (C=O) groups excluding carboxylic acids is 3. The Bertz CT molecular complexity index is 1460. The summed E-state index contributed by atoms with van der Waals surface area (Å²) in [7, 11) is 0. The molecule has 46 heavy (non-hydrogen) atoms. The van der Waals surface area contributed by atoms with Crippen LogP contribution in [0.2, 0.25) is 0 Å². The number of hydrogen-bond acceptors (Lipinski definition) is 5. The van der Waals surface area contributed by atoms with Gasteiger partial charge in [0.1, 0.15) is 11.6 Å². The fourth-order valence-electron chi connectivity index (χ4n) is 8.41. The number of aryl methyl sites for hydroxylation is 2. The summed E-state index contributed by atoms with van der Waals surface area (Å²) < 4.78 is 7.04. The quantitative estimate of drug-likeness (QED) is 0.217. The number of aliphatic hydroxyl groups is 1. The van der Waals surface area contributed by atoms with Crippen LogP contribution in [-0.2, 0) is 19.1 Å². The van der Waals surface area contributed by atoms with Crippen molar-refractivity contribution in [1.29, 1.82) is 0 Å². The van der Waals surface area contributed by atoms with Gasteiger partial charge in [-0.25, -0.2) is 0 Å². The number of anilines is 2. The first kappa shape index (κ1) is 33.6. The van der Waals surface area contributed by atoms with Crippen molar-refractivity contribution in [1.82, 2.24) is 4.90 Å². The number of para-hydroxylation sites is 2. The lowest BCUT2D eigenvalue weighted by molar-refractivity contribution is -0.145.